The summed E-state index contributed by atoms with van der Waals surface area (Å²) in [6, 6.07) is 11.7. The standard InChI is InChI=1S/C19H22N2O2S/c1-12(2)20-19(23)15-11-17(22)21(14-8-6-13(3)7-9-14)18(15)16-5-4-10-24-16/h4-10,12,15,18H,11H2,1-3H3,(H,20,23)/t15-,18-/m1/s1. The second kappa shape index (κ2) is 6.77. The van der Waals surface area contributed by atoms with Crippen LogP contribution in [0.3, 0.4) is 0 Å². The van der Waals surface area contributed by atoms with Gasteiger partial charge in [-0.05, 0) is 44.4 Å². The molecule has 3 rings (SSSR count). The summed E-state index contributed by atoms with van der Waals surface area (Å²) < 4.78 is 0. The lowest BCUT2D eigenvalue weighted by molar-refractivity contribution is -0.127. The highest BCUT2D eigenvalue weighted by molar-refractivity contribution is 7.10. The molecule has 2 amide bonds. The van der Waals surface area contributed by atoms with Gasteiger partial charge in [0.05, 0.1) is 12.0 Å². The molecule has 0 unspecified atom stereocenters. The molecule has 0 radical (unpaired) electrons. The highest BCUT2D eigenvalue weighted by atomic mass is 32.1. The number of anilines is 1. The third-order valence-corrected chi connectivity index (χ3v) is 5.18. The summed E-state index contributed by atoms with van der Waals surface area (Å²) in [6.07, 6.45) is 0.245. The Balaban J connectivity index is 1.99. The number of carbonyl (C=O) groups is 2. The Kier molecular flexibility index (Phi) is 4.71. The van der Waals surface area contributed by atoms with E-state index in [0.29, 0.717) is 0 Å². The fraction of sp³-hybridized carbons (Fsp3) is 0.368. The third kappa shape index (κ3) is 3.22. The van der Waals surface area contributed by atoms with Crippen molar-refractivity contribution < 1.29 is 9.59 Å². The number of carbonyl (C=O) groups excluding carboxylic acids is 2. The maximum absolute atomic E-state index is 12.7. The molecule has 1 N–H and O–H groups in total. The van der Waals surface area contributed by atoms with Crippen LogP contribution in [0.1, 0.15) is 36.8 Å². The number of nitrogens with one attached hydrogen (secondary N) is 1. The van der Waals surface area contributed by atoms with Crippen LogP contribution in [0.2, 0.25) is 0 Å². The van der Waals surface area contributed by atoms with Gasteiger partial charge in [0.15, 0.2) is 0 Å². The summed E-state index contributed by atoms with van der Waals surface area (Å²) in [5.74, 6) is -0.410. The van der Waals surface area contributed by atoms with Crippen LogP contribution in [0.4, 0.5) is 5.69 Å². The number of amides is 2. The van der Waals surface area contributed by atoms with Crippen LogP contribution in [-0.2, 0) is 9.59 Å². The molecule has 2 atom stereocenters. The minimum absolute atomic E-state index is 0.00107. The van der Waals surface area contributed by atoms with Crippen molar-refractivity contribution in [2.45, 2.75) is 39.3 Å². The average molecular weight is 342 g/mol. The van der Waals surface area contributed by atoms with Gasteiger partial charge in [-0.3, -0.25) is 9.59 Å². The fourth-order valence-corrected chi connectivity index (χ4v) is 4.04. The van der Waals surface area contributed by atoms with Crippen LogP contribution in [0.5, 0.6) is 0 Å². The highest BCUT2D eigenvalue weighted by Gasteiger charge is 2.45. The van der Waals surface area contributed by atoms with Gasteiger partial charge in [0.1, 0.15) is 0 Å². The molecule has 1 aromatic heterocycles. The molecule has 4 nitrogen and oxygen atoms in total. The average Bonchev–Trinajstić information content (AvgIpc) is 3.15. The first-order chi connectivity index (χ1) is 11.5. The molecule has 5 heteroatoms. The lowest BCUT2D eigenvalue weighted by Gasteiger charge is -2.27. The van der Waals surface area contributed by atoms with Gasteiger partial charge in [-0.25, -0.2) is 0 Å². The van der Waals surface area contributed by atoms with Crippen LogP contribution in [0, 0.1) is 12.8 Å². The molecule has 1 fully saturated rings. The Labute approximate surface area is 146 Å². The Morgan fingerprint density at radius 3 is 2.54 bits per heavy atom. The zero-order valence-electron chi connectivity index (χ0n) is 14.2. The minimum atomic E-state index is -0.361. The molecule has 0 bridgehead atoms. The van der Waals surface area contributed by atoms with Gasteiger partial charge in [-0.2, -0.15) is 0 Å². The predicted molar refractivity (Wildman–Crippen MR) is 97.1 cm³/mol. The van der Waals surface area contributed by atoms with Gasteiger partial charge in [0, 0.05) is 23.0 Å². The molecule has 1 aromatic carbocycles. The number of aryl methyl sites for hydroxylation is 1. The smallest absolute Gasteiger partial charge is 0.228 e. The van der Waals surface area contributed by atoms with Crippen molar-refractivity contribution in [3.63, 3.8) is 0 Å². The summed E-state index contributed by atoms with van der Waals surface area (Å²) in [6.45, 7) is 5.89. The van der Waals surface area contributed by atoms with Crippen molar-refractivity contribution in [3.8, 4) is 0 Å². The second-order valence-corrected chi connectivity index (χ2v) is 7.51. The lowest BCUT2D eigenvalue weighted by atomic mass is 9.97. The number of nitrogens with zero attached hydrogens (tertiary/aromatic N) is 1. The molecule has 0 aliphatic carbocycles. The van der Waals surface area contributed by atoms with Crippen molar-refractivity contribution in [2.24, 2.45) is 5.92 Å². The van der Waals surface area contributed by atoms with Crippen LogP contribution in [0.15, 0.2) is 41.8 Å². The van der Waals surface area contributed by atoms with E-state index in [1.54, 1.807) is 16.2 Å². The Hall–Kier alpha value is -2.14. The number of thiophene rings is 1. The van der Waals surface area contributed by atoms with Crippen LogP contribution in [0.25, 0.3) is 0 Å². The zero-order valence-corrected chi connectivity index (χ0v) is 15.0. The summed E-state index contributed by atoms with van der Waals surface area (Å²) in [4.78, 5) is 28.2. The first kappa shape index (κ1) is 16.7. The second-order valence-electron chi connectivity index (χ2n) is 6.53. The van der Waals surface area contributed by atoms with Crippen LogP contribution < -0.4 is 10.2 Å². The van der Waals surface area contributed by atoms with Gasteiger partial charge >= 0.3 is 0 Å². The predicted octanol–water partition coefficient (Wildman–Crippen LogP) is 3.68. The van der Waals surface area contributed by atoms with Gasteiger partial charge in [-0.1, -0.05) is 23.8 Å². The van der Waals surface area contributed by atoms with Gasteiger partial charge in [0.2, 0.25) is 11.8 Å². The highest BCUT2D eigenvalue weighted by Crippen LogP contribution is 2.43. The molecule has 2 heterocycles. The van der Waals surface area contributed by atoms with Crippen molar-refractivity contribution in [1.29, 1.82) is 0 Å². The number of hydrogen-bond acceptors (Lipinski definition) is 3. The third-order valence-electron chi connectivity index (χ3n) is 4.24. The first-order valence-electron chi connectivity index (χ1n) is 8.20. The molecular formula is C19H22N2O2S. The summed E-state index contributed by atoms with van der Waals surface area (Å²) >= 11 is 1.59. The van der Waals surface area contributed by atoms with Gasteiger partial charge in [0.25, 0.3) is 0 Å². The fourth-order valence-electron chi connectivity index (χ4n) is 3.16. The monoisotopic (exact) mass is 342 g/mol. The molecule has 1 saturated heterocycles. The van der Waals surface area contributed by atoms with Crippen molar-refractivity contribution >= 4 is 28.8 Å². The van der Waals surface area contributed by atoms with Gasteiger partial charge < -0.3 is 10.2 Å². The molecule has 126 valence electrons. The molecule has 2 aromatic rings. The SMILES string of the molecule is Cc1ccc(N2C(=O)C[C@@H](C(=O)NC(C)C)[C@@H]2c2cccs2)cc1. The van der Waals surface area contributed by atoms with Crippen LogP contribution in [-0.4, -0.2) is 17.9 Å². The minimum Gasteiger partial charge on any atom is -0.354 e. The molecule has 1 aliphatic rings. The van der Waals surface area contributed by atoms with E-state index in [2.05, 4.69) is 5.32 Å². The summed E-state index contributed by atoms with van der Waals surface area (Å²) in [7, 11) is 0. The Morgan fingerprint density at radius 1 is 1.25 bits per heavy atom. The van der Waals surface area contributed by atoms with E-state index in [1.165, 1.54) is 0 Å². The summed E-state index contributed by atoms with van der Waals surface area (Å²) in [5, 5.41) is 4.95. The van der Waals surface area contributed by atoms with Crippen molar-refractivity contribution in [2.75, 3.05) is 4.90 Å². The molecule has 1 aliphatic heterocycles. The topological polar surface area (TPSA) is 49.4 Å². The normalized spacial score (nSPS) is 20.7. The van der Waals surface area contributed by atoms with Crippen molar-refractivity contribution in [1.82, 2.24) is 5.32 Å². The van der Waals surface area contributed by atoms with E-state index in [4.69, 9.17) is 0 Å². The van der Waals surface area contributed by atoms with E-state index in [-0.39, 0.29) is 36.2 Å². The molecular weight excluding hydrogens is 320 g/mol. The molecule has 0 spiro atoms. The zero-order chi connectivity index (χ0) is 17.3. The van der Waals surface area contributed by atoms with E-state index >= 15 is 0 Å². The van der Waals surface area contributed by atoms with Gasteiger partial charge in [-0.15, -0.1) is 11.3 Å². The number of hydrogen-bond donors (Lipinski definition) is 1. The van der Waals surface area contributed by atoms with E-state index < -0.39 is 0 Å². The Bertz CT molecular complexity index is 722. The largest absolute Gasteiger partial charge is 0.354 e. The number of rotatable bonds is 4. The maximum Gasteiger partial charge on any atom is 0.228 e. The van der Waals surface area contributed by atoms with Crippen molar-refractivity contribution in [3.05, 3.63) is 52.2 Å². The lowest BCUT2D eigenvalue weighted by Crippen LogP contribution is -2.38. The van der Waals surface area contributed by atoms with E-state index in [0.717, 1.165) is 16.1 Å². The maximum atomic E-state index is 12.7. The van der Waals surface area contributed by atoms with E-state index in [1.807, 2.05) is 62.5 Å². The van der Waals surface area contributed by atoms with E-state index in [9.17, 15) is 9.59 Å². The summed E-state index contributed by atoms with van der Waals surface area (Å²) in [5.41, 5.74) is 2.00. The molecule has 0 saturated carbocycles. The quantitative estimate of drug-likeness (QED) is 0.921. The molecule has 24 heavy (non-hydrogen) atoms. The van der Waals surface area contributed by atoms with Crippen LogP contribution >= 0.6 is 11.3 Å². The Morgan fingerprint density at radius 2 is 1.96 bits per heavy atom. The number of benzene rings is 1. The first-order valence-corrected chi connectivity index (χ1v) is 9.08.